The van der Waals surface area contributed by atoms with E-state index in [1.165, 1.54) is 14.2 Å². The molecular formula is C11H16NO4P. The summed E-state index contributed by atoms with van der Waals surface area (Å²) < 4.78 is 27.3. The smallest absolute Gasteiger partial charge is 0.397 e. The number of rotatable bonds is 3. The standard InChI is InChI=1S/C11H16NO4P/c1-11(2,3)9-6-8(7-12)10(16-9)17(13,14-4)15-5/h6H,1-5H3. The molecule has 0 amide bonds. The van der Waals surface area contributed by atoms with Crippen molar-refractivity contribution in [1.29, 1.82) is 5.26 Å². The van der Waals surface area contributed by atoms with Crippen molar-refractivity contribution in [3.05, 3.63) is 17.4 Å². The van der Waals surface area contributed by atoms with E-state index in [-0.39, 0.29) is 16.5 Å². The molecule has 0 atom stereocenters. The minimum atomic E-state index is -3.53. The maximum absolute atomic E-state index is 12.2. The Labute approximate surface area is 101 Å². The first-order chi connectivity index (χ1) is 7.78. The van der Waals surface area contributed by atoms with Crippen molar-refractivity contribution in [3.8, 4) is 6.07 Å². The molecule has 0 bridgehead atoms. The van der Waals surface area contributed by atoms with E-state index in [4.69, 9.17) is 18.7 Å². The lowest BCUT2D eigenvalue weighted by molar-refractivity contribution is 0.279. The maximum Gasteiger partial charge on any atom is 0.397 e. The lowest BCUT2D eigenvalue weighted by Crippen LogP contribution is -2.11. The van der Waals surface area contributed by atoms with Crippen LogP contribution in [0.1, 0.15) is 32.1 Å². The van der Waals surface area contributed by atoms with Crippen LogP contribution in [0.3, 0.4) is 0 Å². The largest absolute Gasteiger partial charge is 0.451 e. The topological polar surface area (TPSA) is 72.5 Å². The minimum absolute atomic E-state index is 0.0325. The summed E-state index contributed by atoms with van der Waals surface area (Å²) in [5.41, 5.74) is -0.132. The van der Waals surface area contributed by atoms with Crippen LogP contribution in [0.15, 0.2) is 10.5 Å². The van der Waals surface area contributed by atoms with Crippen LogP contribution < -0.4 is 5.50 Å². The van der Waals surface area contributed by atoms with Gasteiger partial charge in [0.05, 0.1) is 0 Å². The van der Waals surface area contributed by atoms with Gasteiger partial charge in [0, 0.05) is 19.6 Å². The van der Waals surface area contributed by atoms with Gasteiger partial charge >= 0.3 is 7.60 Å². The predicted molar refractivity (Wildman–Crippen MR) is 63.4 cm³/mol. The first kappa shape index (κ1) is 14.0. The van der Waals surface area contributed by atoms with Crippen molar-refractivity contribution >= 4 is 13.1 Å². The van der Waals surface area contributed by atoms with Crippen molar-refractivity contribution in [2.24, 2.45) is 0 Å². The van der Waals surface area contributed by atoms with Crippen LogP contribution in [0.5, 0.6) is 0 Å². The maximum atomic E-state index is 12.2. The molecule has 0 aliphatic heterocycles. The Kier molecular flexibility index (Phi) is 3.83. The first-order valence-corrected chi connectivity index (χ1v) is 6.59. The Balaban J connectivity index is 3.41. The molecule has 1 heterocycles. The Bertz CT molecular complexity index is 485. The Hall–Kier alpha value is -1.08. The molecule has 0 saturated carbocycles. The van der Waals surface area contributed by atoms with Gasteiger partial charge in [-0.2, -0.15) is 5.26 Å². The molecule has 0 radical (unpaired) electrons. The molecule has 17 heavy (non-hydrogen) atoms. The van der Waals surface area contributed by atoms with Gasteiger partial charge in [0.1, 0.15) is 17.4 Å². The Morgan fingerprint density at radius 1 is 1.35 bits per heavy atom. The molecule has 1 aromatic rings. The van der Waals surface area contributed by atoms with Crippen LogP contribution in [0.25, 0.3) is 0 Å². The van der Waals surface area contributed by atoms with Gasteiger partial charge in [-0.3, -0.25) is 4.57 Å². The molecule has 0 aliphatic rings. The third-order valence-electron chi connectivity index (χ3n) is 2.30. The van der Waals surface area contributed by atoms with E-state index in [0.717, 1.165) is 0 Å². The summed E-state index contributed by atoms with van der Waals surface area (Å²) in [7, 11) is -1.02. The molecule has 0 spiro atoms. The highest BCUT2D eigenvalue weighted by Crippen LogP contribution is 2.47. The highest BCUT2D eigenvalue weighted by Gasteiger charge is 2.35. The fourth-order valence-corrected chi connectivity index (χ4v) is 2.38. The van der Waals surface area contributed by atoms with Gasteiger partial charge in [0.2, 0.25) is 5.50 Å². The summed E-state index contributed by atoms with van der Waals surface area (Å²) in [5, 5.41) is 9.01. The van der Waals surface area contributed by atoms with Crippen molar-refractivity contribution < 1.29 is 18.0 Å². The molecule has 5 nitrogen and oxygen atoms in total. The zero-order valence-corrected chi connectivity index (χ0v) is 11.5. The zero-order chi connectivity index (χ0) is 13.3. The summed E-state index contributed by atoms with van der Waals surface area (Å²) in [6, 6.07) is 3.51. The first-order valence-electron chi connectivity index (χ1n) is 5.05. The van der Waals surface area contributed by atoms with Gasteiger partial charge < -0.3 is 13.5 Å². The highest BCUT2D eigenvalue weighted by atomic mass is 31.2. The van der Waals surface area contributed by atoms with E-state index in [1.807, 2.05) is 26.8 Å². The predicted octanol–water partition coefficient (Wildman–Crippen LogP) is 2.56. The van der Waals surface area contributed by atoms with E-state index in [0.29, 0.717) is 5.76 Å². The average Bonchev–Trinajstić information content (AvgIpc) is 2.72. The van der Waals surface area contributed by atoms with Crippen molar-refractivity contribution in [2.75, 3.05) is 14.2 Å². The fourth-order valence-electron chi connectivity index (χ4n) is 1.27. The number of nitriles is 1. The Morgan fingerprint density at radius 2 is 1.88 bits per heavy atom. The molecule has 0 aromatic carbocycles. The second kappa shape index (κ2) is 4.66. The third-order valence-corrected chi connectivity index (χ3v) is 4.09. The van der Waals surface area contributed by atoms with E-state index >= 15 is 0 Å². The Morgan fingerprint density at radius 3 is 2.24 bits per heavy atom. The third kappa shape index (κ3) is 2.61. The van der Waals surface area contributed by atoms with Crippen LogP contribution in [0, 0.1) is 11.3 Å². The molecule has 6 heteroatoms. The molecule has 1 rings (SSSR count). The number of hydrogen-bond donors (Lipinski definition) is 0. The SMILES string of the molecule is COP(=O)(OC)c1oc(C(C)(C)C)cc1C#N. The van der Waals surface area contributed by atoms with Crippen LogP contribution >= 0.6 is 7.60 Å². The van der Waals surface area contributed by atoms with Gasteiger partial charge in [-0.05, 0) is 6.07 Å². The molecule has 0 saturated heterocycles. The molecule has 0 fully saturated rings. The summed E-state index contributed by atoms with van der Waals surface area (Å²) in [4.78, 5) is 0. The number of hydrogen-bond acceptors (Lipinski definition) is 5. The van der Waals surface area contributed by atoms with Crippen LogP contribution in [0.4, 0.5) is 0 Å². The van der Waals surface area contributed by atoms with Crippen molar-refractivity contribution in [1.82, 2.24) is 0 Å². The molecule has 94 valence electrons. The minimum Gasteiger partial charge on any atom is -0.451 e. The van der Waals surface area contributed by atoms with E-state index in [2.05, 4.69) is 0 Å². The van der Waals surface area contributed by atoms with Crippen LogP contribution in [-0.2, 0) is 19.0 Å². The lowest BCUT2D eigenvalue weighted by Gasteiger charge is -2.15. The van der Waals surface area contributed by atoms with E-state index < -0.39 is 7.60 Å². The second-order valence-corrected chi connectivity index (χ2v) is 6.69. The molecular weight excluding hydrogens is 241 g/mol. The zero-order valence-electron chi connectivity index (χ0n) is 10.6. The highest BCUT2D eigenvalue weighted by molar-refractivity contribution is 7.61. The molecule has 1 aromatic heterocycles. The van der Waals surface area contributed by atoms with Gasteiger partial charge in [-0.25, -0.2) is 0 Å². The van der Waals surface area contributed by atoms with Gasteiger partial charge in [-0.1, -0.05) is 20.8 Å². The van der Waals surface area contributed by atoms with E-state index in [1.54, 1.807) is 6.07 Å². The average molecular weight is 257 g/mol. The van der Waals surface area contributed by atoms with Crippen molar-refractivity contribution in [2.45, 2.75) is 26.2 Å². The second-order valence-electron chi connectivity index (χ2n) is 4.55. The quantitative estimate of drug-likeness (QED) is 0.778. The fraction of sp³-hybridized carbons (Fsp3) is 0.545. The lowest BCUT2D eigenvalue weighted by atomic mass is 9.93. The normalized spacial score (nSPS) is 12.5. The van der Waals surface area contributed by atoms with Gasteiger partial charge in [0.15, 0.2) is 0 Å². The van der Waals surface area contributed by atoms with Gasteiger partial charge in [0.25, 0.3) is 0 Å². The molecule has 0 aliphatic carbocycles. The van der Waals surface area contributed by atoms with Crippen molar-refractivity contribution in [3.63, 3.8) is 0 Å². The van der Waals surface area contributed by atoms with Gasteiger partial charge in [-0.15, -0.1) is 0 Å². The summed E-state index contributed by atoms with van der Waals surface area (Å²) in [6.45, 7) is 5.80. The van der Waals surface area contributed by atoms with E-state index in [9.17, 15) is 4.57 Å². The van der Waals surface area contributed by atoms with Crippen LogP contribution in [0.2, 0.25) is 0 Å². The molecule has 0 N–H and O–H groups in total. The summed E-state index contributed by atoms with van der Waals surface area (Å²) in [5.74, 6) is 0.568. The summed E-state index contributed by atoms with van der Waals surface area (Å²) in [6.07, 6.45) is 0. The summed E-state index contributed by atoms with van der Waals surface area (Å²) >= 11 is 0. The number of nitrogens with zero attached hydrogens (tertiary/aromatic N) is 1. The monoisotopic (exact) mass is 257 g/mol. The van der Waals surface area contributed by atoms with Crippen LogP contribution in [-0.4, -0.2) is 14.2 Å². The molecule has 0 unspecified atom stereocenters. The number of furan rings is 1.